The highest BCUT2D eigenvalue weighted by Gasteiger charge is 2.16. The molecular formula is C24H29BN6O. The molecule has 0 unspecified atom stereocenters. The van der Waals surface area contributed by atoms with Crippen molar-refractivity contribution in [3.05, 3.63) is 48.7 Å². The fraction of sp³-hybridized carbons (Fsp3) is 0.333. The second kappa shape index (κ2) is 9.08. The van der Waals surface area contributed by atoms with Crippen LogP contribution in [0.4, 0.5) is 11.6 Å². The van der Waals surface area contributed by atoms with Crippen LogP contribution >= 0.6 is 0 Å². The Bertz CT molecular complexity index is 1160. The molecule has 0 radical (unpaired) electrons. The lowest BCUT2D eigenvalue weighted by Crippen LogP contribution is -2.33. The second-order valence-corrected chi connectivity index (χ2v) is 8.49. The van der Waals surface area contributed by atoms with E-state index in [1.54, 1.807) is 0 Å². The number of hydrogen-bond acceptors (Lipinski definition) is 5. The van der Waals surface area contributed by atoms with E-state index in [0.29, 0.717) is 6.61 Å². The molecule has 0 bridgehead atoms. The second-order valence-electron chi connectivity index (χ2n) is 8.49. The van der Waals surface area contributed by atoms with Gasteiger partial charge in [-0.15, -0.1) is 0 Å². The Morgan fingerprint density at radius 1 is 1.12 bits per heavy atom. The Kier molecular flexibility index (Phi) is 5.86. The molecule has 164 valence electrons. The van der Waals surface area contributed by atoms with Crippen LogP contribution in [-0.4, -0.2) is 58.7 Å². The van der Waals surface area contributed by atoms with Gasteiger partial charge in [0.25, 0.3) is 0 Å². The average molecular weight is 428 g/mol. The fourth-order valence-corrected chi connectivity index (χ4v) is 4.47. The van der Waals surface area contributed by atoms with Gasteiger partial charge in [0.1, 0.15) is 20.2 Å². The highest BCUT2D eigenvalue weighted by molar-refractivity contribution is 6.35. The number of anilines is 2. The van der Waals surface area contributed by atoms with Crippen molar-refractivity contribution < 1.29 is 4.74 Å². The summed E-state index contributed by atoms with van der Waals surface area (Å²) in [6.45, 7) is 4.00. The maximum Gasteiger partial charge on any atom is 0.205 e. The van der Waals surface area contributed by atoms with Crippen molar-refractivity contribution in [3.8, 4) is 17.0 Å². The van der Waals surface area contributed by atoms with Crippen LogP contribution in [0.15, 0.2) is 48.7 Å². The first-order chi connectivity index (χ1) is 15.7. The van der Waals surface area contributed by atoms with Crippen molar-refractivity contribution in [2.75, 3.05) is 31.6 Å². The van der Waals surface area contributed by atoms with E-state index in [9.17, 15) is 0 Å². The molecule has 3 heterocycles. The minimum Gasteiger partial charge on any atom is -0.492 e. The maximum atomic E-state index is 6.29. The van der Waals surface area contributed by atoms with Crippen molar-refractivity contribution in [1.82, 2.24) is 24.6 Å². The molecule has 1 saturated heterocycles. The predicted octanol–water partition coefficient (Wildman–Crippen LogP) is 2.83. The molecule has 0 aliphatic carbocycles. The van der Waals surface area contributed by atoms with E-state index >= 15 is 0 Å². The number of nitrogens with zero attached hydrogens (tertiary/aromatic N) is 4. The predicted molar refractivity (Wildman–Crippen MR) is 132 cm³/mol. The largest absolute Gasteiger partial charge is 0.492 e. The first kappa shape index (κ1) is 20.6. The molecule has 1 fully saturated rings. The molecule has 2 aromatic carbocycles. The number of hydrogen-bond donors (Lipinski definition) is 2. The molecule has 2 aromatic heterocycles. The van der Waals surface area contributed by atoms with E-state index in [4.69, 9.17) is 4.74 Å². The normalized spacial score (nSPS) is 14.7. The van der Waals surface area contributed by atoms with Crippen LogP contribution in [0.1, 0.15) is 19.3 Å². The van der Waals surface area contributed by atoms with Gasteiger partial charge in [0, 0.05) is 31.0 Å². The van der Waals surface area contributed by atoms with Crippen LogP contribution < -0.4 is 15.5 Å². The molecule has 0 saturated carbocycles. The van der Waals surface area contributed by atoms with Crippen LogP contribution in [0.25, 0.3) is 22.3 Å². The number of nitrogens with one attached hydrogen (secondary N) is 2. The van der Waals surface area contributed by atoms with E-state index in [1.165, 1.54) is 32.4 Å². The molecule has 8 heteroatoms. The number of benzene rings is 2. The number of para-hydroxylation sites is 2. The van der Waals surface area contributed by atoms with Crippen LogP contribution in [0.2, 0.25) is 0 Å². The summed E-state index contributed by atoms with van der Waals surface area (Å²) >= 11 is 0. The Balaban J connectivity index is 1.40. The number of piperidine rings is 1. The Labute approximate surface area is 189 Å². The van der Waals surface area contributed by atoms with Gasteiger partial charge in [-0.25, -0.2) is 4.98 Å². The summed E-state index contributed by atoms with van der Waals surface area (Å²) in [6.07, 6.45) is 5.83. The molecule has 32 heavy (non-hydrogen) atoms. The number of H-pyrrole nitrogens is 1. The van der Waals surface area contributed by atoms with Crippen LogP contribution in [0.3, 0.4) is 0 Å². The average Bonchev–Trinajstić information content (AvgIpc) is 3.37. The third-order valence-corrected chi connectivity index (χ3v) is 6.12. The zero-order valence-corrected chi connectivity index (χ0v) is 18.8. The number of aromatic amines is 1. The van der Waals surface area contributed by atoms with Crippen molar-refractivity contribution >= 4 is 36.0 Å². The van der Waals surface area contributed by atoms with Crippen molar-refractivity contribution in [3.63, 3.8) is 0 Å². The zero-order valence-electron chi connectivity index (χ0n) is 18.8. The fourth-order valence-electron chi connectivity index (χ4n) is 4.47. The standard InChI is InChI=1S/C24H29BN6O/c1-30-23(19(25)16-26-30)18-15-17(27-24-28-20-7-3-4-8-21(20)29-24)9-10-22(18)32-14-13-31-11-5-2-6-12-31/h3-4,7-10,15-16H,2,5-6,11-14,25H2,1H3,(H2,27,28,29). The molecule has 0 amide bonds. The first-order valence-electron chi connectivity index (χ1n) is 11.4. The van der Waals surface area contributed by atoms with Gasteiger partial charge in [-0.3, -0.25) is 9.58 Å². The number of aromatic nitrogens is 4. The zero-order chi connectivity index (χ0) is 21.9. The maximum absolute atomic E-state index is 6.29. The molecule has 1 aliphatic rings. The van der Waals surface area contributed by atoms with E-state index < -0.39 is 0 Å². The van der Waals surface area contributed by atoms with Gasteiger partial charge in [-0.05, 0) is 61.7 Å². The van der Waals surface area contributed by atoms with Crippen LogP contribution in [-0.2, 0) is 7.05 Å². The summed E-state index contributed by atoms with van der Waals surface area (Å²) < 4.78 is 8.20. The third kappa shape index (κ3) is 4.36. The Morgan fingerprint density at radius 3 is 2.75 bits per heavy atom. The van der Waals surface area contributed by atoms with Crippen molar-refractivity contribution in [2.45, 2.75) is 19.3 Å². The summed E-state index contributed by atoms with van der Waals surface area (Å²) in [6, 6.07) is 14.2. The van der Waals surface area contributed by atoms with Gasteiger partial charge >= 0.3 is 0 Å². The van der Waals surface area contributed by atoms with Gasteiger partial charge in [0.05, 0.1) is 16.7 Å². The molecule has 0 spiro atoms. The van der Waals surface area contributed by atoms with Gasteiger partial charge < -0.3 is 15.0 Å². The van der Waals surface area contributed by atoms with Gasteiger partial charge in [-0.2, -0.15) is 5.10 Å². The number of aryl methyl sites for hydroxylation is 1. The number of fused-ring (bicyclic) bond motifs is 1. The van der Waals surface area contributed by atoms with Crippen molar-refractivity contribution in [2.24, 2.45) is 7.05 Å². The summed E-state index contributed by atoms with van der Waals surface area (Å²) in [5.41, 5.74) is 6.11. The van der Waals surface area contributed by atoms with E-state index in [2.05, 4.69) is 39.2 Å². The third-order valence-electron chi connectivity index (χ3n) is 6.12. The smallest absolute Gasteiger partial charge is 0.205 e. The molecule has 0 atom stereocenters. The summed E-state index contributed by atoms with van der Waals surface area (Å²) in [5.74, 6) is 1.60. The molecule has 1 aliphatic heterocycles. The Hall–Kier alpha value is -3.26. The summed E-state index contributed by atoms with van der Waals surface area (Å²) in [4.78, 5) is 10.5. The molecular weight excluding hydrogens is 399 g/mol. The first-order valence-corrected chi connectivity index (χ1v) is 11.4. The number of imidazole rings is 1. The van der Waals surface area contributed by atoms with E-state index in [0.717, 1.165) is 51.7 Å². The van der Waals surface area contributed by atoms with Gasteiger partial charge in [0.2, 0.25) is 5.95 Å². The van der Waals surface area contributed by atoms with Crippen molar-refractivity contribution in [1.29, 1.82) is 0 Å². The lowest BCUT2D eigenvalue weighted by Gasteiger charge is -2.26. The molecule has 5 rings (SSSR count). The number of ether oxygens (including phenoxy) is 1. The summed E-state index contributed by atoms with van der Waals surface area (Å²) in [5, 5.41) is 7.85. The van der Waals surface area contributed by atoms with Gasteiger partial charge in [-0.1, -0.05) is 18.6 Å². The van der Waals surface area contributed by atoms with Crippen LogP contribution in [0.5, 0.6) is 5.75 Å². The molecule has 7 nitrogen and oxygen atoms in total. The minimum atomic E-state index is 0.681. The topological polar surface area (TPSA) is 71.0 Å². The van der Waals surface area contributed by atoms with E-state index in [1.807, 2.05) is 54.3 Å². The lowest BCUT2D eigenvalue weighted by atomic mass is 9.93. The highest BCUT2D eigenvalue weighted by Crippen LogP contribution is 2.32. The quantitative estimate of drug-likeness (QED) is 0.443. The highest BCUT2D eigenvalue weighted by atomic mass is 16.5. The molecule has 2 N–H and O–H groups in total. The Morgan fingerprint density at radius 2 is 1.97 bits per heavy atom. The van der Waals surface area contributed by atoms with Crippen LogP contribution in [0, 0.1) is 0 Å². The minimum absolute atomic E-state index is 0.681. The molecule has 4 aromatic rings. The van der Waals surface area contributed by atoms with E-state index in [-0.39, 0.29) is 0 Å². The monoisotopic (exact) mass is 428 g/mol. The summed E-state index contributed by atoms with van der Waals surface area (Å²) in [7, 11) is 4.05. The lowest BCUT2D eigenvalue weighted by molar-refractivity contribution is 0.183. The number of rotatable bonds is 7. The van der Waals surface area contributed by atoms with Gasteiger partial charge in [0.15, 0.2) is 0 Å². The number of likely N-dealkylation sites (tertiary alicyclic amines) is 1. The SMILES string of the molecule is Bc1cnn(C)c1-c1cc(Nc2nc3ccccc3[nH]2)ccc1OCCN1CCCCC1.